The highest BCUT2D eigenvalue weighted by molar-refractivity contribution is 7.89. The minimum Gasteiger partial charge on any atom is -0.347 e. The Morgan fingerprint density at radius 1 is 1.46 bits per heavy atom. The summed E-state index contributed by atoms with van der Waals surface area (Å²) in [5.41, 5.74) is 1.39. The number of fused-ring (bicyclic) bond motifs is 1. The van der Waals surface area contributed by atoms with Gasteiger partial charge in [0.2, 0.25) is 10.0 Å². The molecule has 24 heavy (non-hydrogen) atoms. The number of carbonyl (C=O) groups excluding carboxylic acids is 1. The van der Waals surface area contributed by atoms with E-state index < -0.39 is 10.0 Å². The molecule has 2 N–H and O–H groups in total. The topological polar surface area (TPSA) is 93.1 Å². The average molecular weight is 346 g/mol. The standard InChI is InChI=1S/C16H18N4O3S/c1-2-6-18-24(22,23)15-5-3-4-12(7-15)16(21)19-13-8-14-9-17-11-20(14)10-13/h2-5,7,9,11,13,18H,1,6,8,10H2,(H,19,21). The number of amides is 1. The van der Waals surface area contributed by atoms with Gasteiger partial charge >= 0.3 is 0 Å². The third kappa shape index (κ3) is 3.39. The highest BCUT2D eigenvalue weighted by Gasteiger charge is 2.23. The van der Waals surface area contributed by atoms with Crippen LogP contribution < -0.4 is 10.0 Å². The third-order valence-electron chi connectivity index (χ3n) is 3.83. The molecular weight excluding hydrogens is 328 g/mol. The lowest BCUT2D eigenvalue weighted by molar-refractivity contribution is 0.0936. The maximum absolute atomic E-state index is 12.4. The Hall–Kier alpha value is -2.45. The summed E-state index contributed by atoms with van der Waals surface area (Å²) in [6.07, 6.45) is 5.69. The molecule has 0 saturated carbocycles. The van der Waals surface area contributed by atoms with Crippen molar-refractivity contribution in [3.05, 3.63) is 60.7 Å². The molecule has 0 bridgehead atoms. The van der Waals surface area contributed by atoms with Crippen molar-refractivity contribution in [1.29, 1.82) is 0 Å². The second kappa shape index (κ2) is 6.58. The molecule has 0 saturated heterocycles. The molecule has 2 heterocycles. The van der Waals surface area contributed by atoms with Crippen LogP contribution in [0.4, 0.5) is 0 Å². The van der Waals surface area contributed by atoms with E-state index in [2.05, 4.69) is 21.6 Å². The number of sulfonamides is 1. The molecule has 0 fully saturated rings. The lowest BCUT2D eigenvalue weighted by atomic mass is 10.1. The van der Waals surface area contributed by atoms with Crippen molar-refractivity contribution in [2.45, 2.75) is 23.9 Å². The Kier molecular flexibility index (Phi) is 4.50. The maximum atomic E-state index is 12.4. The van der Waals surface area contributed by atoms with Gasteiger partial charge in [-0.25, -0.2) is 18.1 Å². The molecule has 1 aromatic heterocycles. The van der Waals surface area contributed by atoms with Crippen LogP contribution in [0.25, 0.3) is 0 Å². The molecule has 1 amide bonds. The number of rotatable bonds is 6. The van der Waals surface area contributed by atoms with E-state index in [1.165, 1.54) is 18.2 Å². The fraction of sp³-hybridized carbons (Fsp3) is 0.250. The minimum absolute atomic E-state index is 0.0188. The van der Waals surface area contributed by atoms with E-state index >= 15 is 0 Å². The maximum Gasteiger partial charge on any atom is 0.251 e. The Balaban J connectivity index is 1.71. The fourth-order valence-electron chi connectivity index (χ4n) is 2.66. The quantitative estimate of drug-likeness (QED) is 0.753. The van der Waals surface area contributed by atoms with E-state index in [1.54, 1.807) is 24.7 Å². The van der Waals surface area contributed by atoms with Gasteiger partial charge < -0.3 is 9.88 Å². The third-order valence-corrected chi connectivity index (χ3v) is 5.25. The number of benzene rings is 1. The van der Waals surface area contributed by atoms with E-state index in [-0.39, 0.29) is 23.4 Å². The van der Waals surface area contributed by atoms with Gasteiger partial charge in [-0.1, -0.05) is 12.1 Å². The first-order valence-electron chi connectivity index (χ1n) is 7.50. The van der Waals surface area contributed by atoms with Crippen molar-refractivity contribution in [3.8, 4) is 0 Å². The number of hydrogen-bond donors (Lipinski definition) is 2. The molecular formula is C16H18N4O3S. The predicted molar refractivity (Wildman–Crippen MR) is 89.0 cm³/mol. The van der Waals surface area contributed by atoms with Crippen LogP contribution in [0.15, 0.2) is 54.3 Å². The van der Waals surface area contributed by atoms with Gasteiger partial charge in [-0.3, -0.25) is 4.79 Å². The summed E-state index contributed by atoms with van der Waals surface area (Å²) in [5.74, 6) is -0.292. The molecule has 7 nitrogen and oxygen atoms in total. The molecule has 1 aliphatic heterocycles. The van der Waals surface area contributed by atoms with Gasteiger partial charge in [0.05, 0.1) is 17.3 Å². The van der Waals surface area contributed by atoms with Crippen molar-refractivity contribution in [1.82, 2.24) is 19.6 Å². The van der Waals surface area contributed by atoms with Crippen LogP contribution in [0.5, 0.6) is 0 Å². The van der Waals surface area contributed by atoms with E-state index in [0.29, 0.717) is 18.5 Å². The molecule has 1 aromatic carbocycles. The Morgan fingerprint density at radius 3 is 3.04 bits per heavy atom. The molecule has 0 spiro atoms. The first-order valence-corrected chi connectivity index (χ1v) is 8.98. The summed E-state index contributed by atoms with van der Waals surface area (Å²) in [5, 5.41) is 2.93. The van der Waals surface area contributed by atoms with E-state index in [4.69, 9.17) is 0 Å². The van der Waals surface area contributed by atoms with Crippen molar-refractivity contribution < 1.29 is 13.2 Å². The number of nitrogens with zero attached hydrogens (tertiary/aromatic N) is 2. The molecule has 8 heteroatoms. The minimum atomic E-state index is -3.65. The Morgan fingerprint density at radius 2 is 2.29 bits per heavy atom. The average Bonchev–Trinajstić information content (AvgIpc) is 3.14. The number of aromatic nitrogens is 2. The molecule has 1 unspecified atom stereocenters. The summed E-state index contributed by atoms with van der Waals surface area (Å²) in [6, 6.07) is 5.96. The first kappa shape index (κ1) is 16.4. The van der Waals surface area contributed by atoms with Crippen LogP contribution in [-0.2, 0) is 23.0 Å². The summed E-state index contributed by atoms with van der Waals surface area (Å²) in [7, 11) is -3.65. The first-order chi connectivity index (χ1) is 11.5. The van der Waals surface area contributed by atoms with Crippen LogP contribution in [0.3, 0.4) is 0 Å². The SMILES string of the molecule is C=CCNS(=O)(=O)c1cccc(C(=O)NC2Cc3cncn3C2)c1. The second-order valence-electron chi connectivity index (χ2n) is 5.58. The zero-order chi connectivity index (χ0) is 17.2. The van der Waals surface area contributed by atoms with Crippen molar-refractivity contribution >= 4 is 15.9 Å². The van der Waals surface area contributed by atoms with Gasteiger partial charge in [0.1, 0.15) is 0 Å². The van der Waals surface area contributed by atoms with Crippen LogP contribution in [0.1, 0.15) is 16.1 Å². The monoisotopic (exact) mass is 346 g/mol. The zero-order valence-corrected chi connectivity index (χ0v) is 13.8. The fourth-order valence-corrected chi connectivity index (χ4v) is 3.70. The van der Waals surface area contributed by atoms with Crippen LogP contribution in [0, 0.1) is 0 Å². The molecule has 0 radical (unpaired) electrons. The lowest BCUT2D eigenvalue weighted by Crippen LogP contribution is -2.36. The van der Waals surface area contributed by atoms with E-state index in [1.807, 2.05) is 4.57 Å². The molecule has 1 aliphatic rings. The lowest BCUT2D eigenvalue weighted by Gasteiger charge is -2.12. The van der Waals surface area contributed by atoms with Gasteiger partial charge in [0, 0.05) is 37.0 Å². The van der Waals surface area contributed by atoms with Crippen molar-refractivity contribution in [2.75, 3.05) is 6.54 Å². The predicted octanol–water partition coefficient (Wildman–Crippen LogP) is 0.702. The number of imidazole rings is 1. The molecule has 1 atom stereocenters. The zero-order valence-electron chi connectivity index (χ0n) is 13.0. The Bertz CT molecular complexity index is 852. The smallest absolute Gasteiger partial charge is 0.251 e. The van der Waals surface area contributed by atoms with Gasteiger partial charge in [-0.15, -0.1) is 6.58 Å². The van der Waals surface area contributed by atoms with Crippen LogP contribution in [-0.4, -0.2) is 36.5 Å². The summed E-state index contributed by atoms with van der Waals surface area (Å²) >= 11 is 0. The number of hydrogen-bond acceptors (Lipinski definition) is 4. The molecule has 3 rings (SSSR count). The van der Waals surface area contributed by atoms with Gasteiger partial charge in [-0.2, -0.15) is 0 Å². The van der Waals surface area contributed by atoms with Crippen molar-refractivity contribution in [2.24, 2.45) is 0 Å². The van der Waals surface area contributed by atoms with Gasteiger partial charge in [0.25, 0.3) is 5.91 Å². The normalized spacial score (nSPS) is 16.6. The van der Waals surface area contributed by atoms with Gasteiger partial charge in [-0.05, 0) is 18.2 Å². The summed E-state index contributed by atoms with van der Waals surface area (Å²) in [4.78, 5) is 16.5. The highest BCUT2D eigenvalue weighted by Crippen LogP contribution is 2.15. The Labute approximate surface area is 140 Å². The second-order valence-corrected chi connectivity index (χ2v) is 7.35. The summed E-state index contributed by atoms with van der Waals surface area (Å²) in [6.45, 7) is 4.27. The van der Waals surface area contributed by atoms with Gasteiger partial charge in [0.15, 0.2) is 0 Å². The number of nitrogens with one attached hydrogen (secondary N) is 2. The van der Waals surface area contributed by atoms with Crippen molar-refractivity contribution in [3.63, 3.8) is 0 Å². The molecule has 2 aromatic rings. The van der Waals surface area contributed by atoms with Crippen LogP contribution >= 0.6 is 0 Å². The molecule has 0 aliphatic carbocycles. The van der Waals surface area contributed by atoms with E-state index in [0.717, 1.165) is 5.69 Å². The number of carbonyl (C=O) groups is 1. The molecule has 126 valence electrons. The summed E-state index contributed by atoms with van der Waals surface area (Å²) < 4.78 is 28.6. The van der Waals surface area contributed by atoms with Crippen LogP contribution in [0.2, 0.25) is 0 Å². The largest absolute Gasteiger partial charge is 0.347 e. The highest BCUT2D eigenvalue weighted by atomic mass is 32.2. The van der Waals surface area contributed by atoms with E-state index in [9.17, 15) is 13.2 Å².